The molecule has 0 N–H and O–H groups in total. The lowest BCUT2D eigenvalue weighted by Crippen LogP contribution is -2.74. The van der Waals surface area contributed by atoms with Crippen LogP contribution in [0.15, 0.2) is 29.3 Å². The highest BCUT2D eigenvalue weighted by atomic mass is 32.1. The highest BCUT2D eigenvalue weighted by Gasteiger charge is 2.69. The lowest BCUT2D eigenvalue weighted by atomic mass is 9.53. The molecule has 4 fully saturated rings. The monoisotopic (exact) mass is 530 g/mol. The Hall–Kier alpha value is -2.52. The number of nitriles is 2. The summed E-state index contributed by atoms with van der Waals surface area (Å²) >= 11 is 6.30. The third kappa shape index (κ3) is 3.87. The van der Waals surface area contributed by atoms with E-state index in [1.54, 1.807) is 7.11 Å². The number of ether oxygens (including phenoxy) is 1. The molecule has 3 heterocycles. The minimum absolute atomic E-state index is 0.375. The number of hydrogen-bond acceptors (Lipinski definition) is 7. The molecule has 0 spiro atoms. The molecule has 38 heavy (non-hydrogen) atoms. The van der Waals surface area contributed by atoms with Crippen molar-refractivity contribution in [2.45, 2.75) is 82.2 Å². The second-order valence-corrected chi connectivity index (χ2v) is 12.3. The largest absolute Gasteiger partial charge is 0.496 e. The van der Waals surface area contributed by atoms with Gasteiger partial charge >= 0.3 is 0 Å². The highest BCUT2D eigenvalue weighted by molar-refractivity contribution is 7.80. The van der Waals surface area contributed by atoms with Crippen molar-refractivity contribution in [1.29, 1.82) is 10.5 Å². The van der Waals surface area contributed by atoms with Crippen LogP contribution in [0.1, 0.15) is 75.7 Å². The fourth-order valence-corrected chi connectivity index (χ4v) is 8.50. The van der Waals surface area contributed by atoms with Crippen LogP contribution in [0.3, 0.4) is 0 Å². The van der Waals surface area contributed by atoms with Gasteiger partial charge in [0, 0.05) is 36.7 Å². The molecule has 5 aliphatic rings. The number of benzene rings is 1. The Morgan fingerprint density at radius 3 is 2.13 bits per heavy atom. The Morgan fingerprint density at radius 2 is 1.50 bits per heavy atom. The summed E-state index contributed by atoms with van der Waals surface area (Å²) in [5, 5.41) is 22.3. The molecule has 0 aromatic heterocycles. The molecule has 2 bridgehead atoms. The van der Waals surface area contributed by atoms with E-state index in [1.807, 2.05) is 24.3 Å². The maximum absolute atomic E-state index is 11.2. The molecular weight excluding hydrogens is 492 g/mol. The van der Waals surface area contributed by atoms with E-state index >= 15 is 0 Å². The molecule has 1 aromatic carbocycles. The molecule has 0 unspecified atom stereocenters. The number of nitrogens with zero attached hydrogens (tertiary/aromatic N) is 6. The van der Waals surface area contributed by atoms with Crippen LogP contribution in [0.25, 0.3) is 0 Å². The SMILES string of the molecule is COc1ccccc1[C@H]1[C@@]2(C#N)CN(C3CCCCC3)C[C@@]1(C#N)C1=NCN(C3CCCCC3)CN1C2=S. The Morgan fingerprint density at radius 1 is 0.895 bits per heavy atom. The summed E-state index contributed by atoms with van der Waals surface area (Å²) in [5.41, 5.74) is -1.12. The molecule has 8 heteroatoms. The van der Waals surface area contributed by atoms with Crippen LogP contribution >= 0.6 is 12.2 Å². The summed E-state index contributed by atoms with van der Waals surface area (Å²) < 4.78 is 5.82. The molecule has 2 aliphatic carbocycles. The maximum atomic E-state index is 11.2. The van der Waals surface area contributed by atoms with E-state index < -0.39 is 16.7 Å². The second kappa shape index (κ2) is 10.2. The molecule has 0 amide bonds. The van der Waals surface area contributed by atoms with Gasteiger partial charge in [-0.2, -0.15) is 10.5 Å². The number of amidine groups is 1. The van der Waals surface area contributed by atoms with E-state index in [-0.39, 0.29) is 0 Å². The number of rotatable bonds is 4. The normalized spacial score (nSPS) is 33.1. The minimum atomic E-state index is -1.02. The van der Waals surface area contributed by atoms with Crippen molar-refractivity contribution in [3.05, 3.63) is 29.8 Å². The number of para-hydroxylation sites is 1. The Labute approximate surface area is 232 Å². The third-order valence-corrected chi connectivity index (χ3v) is 10.5. The number of piperidine rings is 2. The summed E-state index contributed by atoms with van der Waals surface area (Å²) in [4.78, 5) is 12.7. The second-order valence-electron chi connectivity index (χ2n) is 11.9. The number of hydrogen-bond donors (Lipinski definition) is 0. The fourth-order valence-electron chi connectivity index (χ4n) is 8.13. The van der Waals surface area contributed by atoms with Crippen LogP contribution in [0, 0.1) is 33.5 Å². The van der Waals surface area contributed by atoms with E-state index in [2.05, 4.69) is 26.8 Å². The first kappa shape index (κ1) is 25.7. The molecule has 7 nitrogen and oxygen atoms in total. The standard InChI is InChI=1S/C30H38N6OS/c1-37-25-15-9-8-14-24(25)26-29(16-31)18-34(22-10-4-2-5-11-22)19-30(26,17-32)28(38)36-21-35(20-33-27(29)36)23-12-6-3-7-13-23/h8-9,14-15,22-23,26H,2-7,10-13,18-21H2,1H3/t26-,29-,30-/m1/s1. The van der Waals surface area contributed by atoms with Crippen molar-refractivity contribution >= 4 is 23.0 Å². The summed E-state index contributed by atoms with van der Waals surface area (Å²) in [6.07, 6.45) is 12.0. The first-order chi connectivity index (χ1) is 18.6. The first-order valence-electron chi connectivity index (χ1n) is 14.4. The van der Waals surface area contributed by atoms with Gasteiger partial charge < -0.3 is 9.64 Å². The Kier molecular flexibility index (Phi) is 6.93. The topological polar surface area (TPSA) is 78.9 Å². The maximum Gasteiger partial charge on any atom is 0.136 e. The molecule has 1 aromatic rings. The molecule has 0 radical (unpaired) electrons. The van der Waals surface area contributed by atoms with E-state index in [1.165, 1.54) is 51.4 Å². The number of methoxy groups -OCH3 is 1. The van der Waals surface area contributed by atoms with E-state index in [0.29, 0.717) is 49.2 Å². The lowest BCUT2D eigenvalue weighted by Gasteiger charge is -2.62. The van der Waals surface area contributed by atoms with Crippen LogP contribution in [-0.2, 0) is 0 Å². The Balaban J connectivity index is 1.50. The van der Waals surface area contributed by atoms with Gasteiger partial charge in [-0.05, 0) is 31.7 Å². The van der Waals surface area contributed by atoms with Gasteiger partial charge in [0.25, 0.3) is 0 Å². The van der Waals surface area contributed by atoms with Crippen molar-refractivity contribution in [2.75, 3.05) is 33.5 Å². The van der Waals surface area contributed by atoms with E-state index in [4.69, 9.17) is 21.9 Å². The van der Waals surface area contributed by atoms with Gasteiger partial charge in [0.2, 0.25) is 0 Å². The van der Waals surface area contributed by atoms with Gasteiger partial charge in [0.1, 0.15) is 27.4 Å². The quantitative estimate of drug-likeness (QED) is 0.504. The lowest BCUT2D eigenvalue weighted by molar-refractivity contribution is 0.0152. The summed E-state index contributed by atoms with van der Waals surface area (Å²) in [7, 11) is 1.66. The minimum Gasteiger partial charge on any atom is -0.496 e. The molecule has 200 valence electrons. The zero-order valence-corrected chi connectivity index (χ0v) is 23.3. The van der Waals surface area contributed by atoms with Gasteiger partial charge in [-0.3, -0.25) is 14.8 Å². The molecular formula is C30H38N6OS. The van der Waals surface area contributed by atoms with Gasteiger partial charge in [0.15, 0.2) is 0 Å². The van der Waals surface area contributed by atoms with Crippen molar-refractivity contribution < 1.29 is 4.74 Å². The van der Waals surface area contributed by atoms with E-state index in [9.17, 15) is 10.5 Å². The van der Waals surface area contributed by atoms with Gasteiger partial charge in [-0.15, -0.1) is 0 Å². The summed E-state index contributed by atoms with van der Waals surface area (Å²) in [6, 6.07) is 14.3. The third-order valence-electron chi connectivity index (χ3n) is 9.93. The van der Waals surface area contributed by atoms with Crippen molar-refractivity contribution in [2.24, 2.45) is 15.8 Å². The van der Waals surface area contributed by atoms with Crippen molar-refractivity contribution in [3.8, 4) is 17.9 Å². The summed E-state index contributed by atoms with van der Waals surface area (Å²) in [5.74, 6) is 1.03. The van der Waals surface area contributed by atoms with Crippen LogP contribution in [-0.4, -0.2) is 71.1 Å². The fraction of sp³-hybridized carbons (Fsp3) is 0.667. The highest BCUT2D eigenvalue weighted by Crippen LogP contribution is 2.60. The Bertz CT molecular complexity index is 1190. The van der Waals surface area contributed by atoms with Crippen LogP contribution in [0.2, 0.25) is 0 Å². The van der Waals surface area contributed by atoms with Crippen LogP contribution < -0.4 is 4.74 Å². The van der Waals surface area contributed by atoms with Gasteiger partial charge in [0.05, 0.1) is 32.6 Å². The molecule has 3 atom stereocenters. The number of thiocarbonyl (C=S) groups is 1. The van der Waals surface area contributed by atoms with Crippen molar-refractivity contribution in [3.63, 3.8) is 0 Å². The first-order valence-corrected chi connectivity index (χ1v) is 14.8. The molecule has 3 aliphatic heterocycles. The average Bonchev–Trinajstić information content (AvgIpc) is 3.00. The van der Waals surface area contributed by atoms with Crippen LogP contribution in [0.5, 0.6) is 5.75 Å². The molecule has 6 rings (SSSR count). The molecule has 2 saturated heterocycles. The number of likely N-dealkylation sites (tertiary alicyclic amines) is 1. The van der Waals surface area contributed by atoms with Gasteiger partial charge in [-0.25, -0.2) is 0 Å². The molecule has 2 saturated carbocycles. The number of fused-ring (bicyclic) bond motifs is 4. The summed E-state index contributed by atoms with van der Waals surface area (Å²) in [6.45, 7) is 2.33. The smallest absolute Gasteiger partial charge is 0.136 e. The van der Waals surface area contributed by atoms with Gasteiger partial charge in [-0.1, -0.05) is 68.9 Å². The zero-order valence-electron chi connectivity index (χ0n) is 22.4. The van der Waals surface area contributed by atoms with Crippen LogP contribution in [0.4, 0.5) is 0 Å². The predicted octanol–water partition coefficient (Wildman–Crippen LogP) is 5.05. The van der Waals surface area contributed by atoms with E-state index in [0.717, 1.165) is 24.2 Å². The van der Waals surface area contributed by atoms with Crippen molar-refractivity contribution in [1.82, 2.24) is 14.7 Å². The zero-order chi connectivity index (χ0) is 26.3. The average molecular weight is 531 g/mol. The predicted molar refractivity (Wildman–Crippen MR) is 151 cm³/mol. The number of aliphatic imine (C=N–C) groups is 1.